The molecule has 2 aromatic rings. The van der Waals surface area contributed by atoms with Gasteiger partial charge in [-0.1, -0.05) is 11.3 Å². The molecule has 1 aliphatic heterocycles. The van der Waals surface area contributed by atoms with Crippen molar-refractivity contribution in [2.75, 3.05) is 17.1 Å². The minimum absolute atomic E-state index is 0.0133. The van der Waals surface area contributed by atoms with Gasteiger partial charge in [-0.25, -0.2) is 13.1 Å². The molecular weight excluding hydrogens is 292 g/mol. The Labute approximate surface area is 123 Å². The molecule has 1 aromatic heterocycles. The monoisotopic (exact) mass is 308 g/mol. The fraction of sp³-hybridized carbons (Fsp3) is 0.385. The topological polar surface area (TPSA) is 86.1 Å². The summed E-state index contributed by atoms with van der Waals surface area (Å²) in [6.07, 6.45) is 4.76. The molecule has 0 saturated carbocycles. The fourth-order valence-corrected chi connectivity index (χ4v) is 3.62. The predicted molar refractivity (Wildman–Crippen MR) is 77.7 cm³/mol. The Bertz CT molecular complexity index is 694. The molecule has 1 saturated heterocycles. The van der Waals surface area contributed by atoms with Gasteiger partial charge < -0.3 is 4.74 Å². The van der Waals surface area contributed by atoms with Crippen LogP contribution in [0.25, 0.3) is 5.69 Å². The molecule has 1 unspecified atom stereocenters. The third kappa shape index (κ3) is 3.59. The Balaban J connectivity index is 1.73. The molecule has 1 aliphatic rings. The summed E-state index contributed by atoms with van der Waals surface area (Å²) in [5.74, 6) is -0.0133. The first kappa shape index (κ1) is 14.0. The quantitative estimate of drug-likeness (QED) is 0.896. The van der Waals surface area contributed by atoms with E-state index in [2.05, 4.69) is 15.0 Å². The standard InChI is InChI=1S/C13H16N4O3S/c18-21(19,10-13-5-2-8-20-13)15-11-3-1-4-12(9-11)17-7-6-14-16-17/h1,3-4,6-7,9,13,15H,2,5,8,10H2. The van der Waals surface area contributed by atoms with Crippen molar-refractivity contribution in [1.29, 1.82) is 0 Å². The number of nitrogens with one attached hydrogen (secondary N) is 1. The smallest absolute Gasteiger partial charge is 0.235 e. The molecule has 0 bridgehead atoms. The van der Waals surface area contributed by atoms with Crippen molar-refractivity contribution in [2.45, 2.75) is 18.9 Å². The lowest BCUT2D eigenvalue weighted by atomic mass is 10.3. The predicted octanol–water partition coefficient (Wildman–Crippen LogP) is 1.19. The zero-order valence-corrected chi connectivity index (χ0v) is 12.2. The highest BCUT2D eigenvalue weighted by Gasteiger charge is 2.23. The molecule has 21 heavy (non-hydrogen) atoms. The maximum absolute atomic E-state index is 12.1. The van der Waals surface area contributed by atoms with E-state index in [4.69, 9.17) is 4.74 Å². The Kier molecular flexibility index (Phi) is 3.89. The van der Waals surface area contributed by atoms with Crippen LogP contribution in [0.5, 0.6) is 0 Å². The maximum Gasteiger partial charge on any atom is 0.235 e. The van der Waals surface area contributed by atoms with Crippen LogP contribution in [0.2, 0.25) is 0 Å². The molecule has 1 fully saturated rings. The van der Waals surface area contributed by atoms with Crippen LogP contribution in [0.1, 0.15) is 12.8 Å². The largest absolute Gasteiger partial charge is 0.377 e. The Morgan fingerprint density at radius 1 is 1.43 bits per heavy atom. The molecule has 8 heteroatoms. The number of sulfonamides is 1. The van der Waals surface area contributed by atoms with Gasteiger partial charge in [0, 0.05) is 6.61 Å². The minimum Gasteiger partial charge on any atom is -0.377 e. The summed E-state index contributed by atoms with van der Waals surface area (Å²) in [7, 11) is -3.42. The third-order valence-electron chi connectivity index (χ3n) is 3.24. The second kappa shape index (κ2) is 5.82. The molecule has 0 radical (unpaired) electrons. The van der Waals surface area contributed by atoms with Crippen LogP contribution < -0.4 is 4.72 Å². The van der Waals surface area contributed by atoms with Crippen LogP contribution >= 0.6 is 0 Å². The first-order chi connectivity index (χ1) is 10.1. The van der Waals surface area contributed by atoms with Gasteiger partial charge in [-0.3, -0.25) is 4.72 Å². The molecule has 0 amide bonds. The number of benzene rings is 1. The Morgan fingerprint density at radius 2 is 2.33 bits per heavy atom. The zero-order chi connectivity index (χ0) is 14.7. The van der Waals surface area contributed by atoms with Crippen molar-refractivity contribution < 1.29 is 13.2 Å². The van der Waals surface area contributed by atoms with Gasteiger partial charge in [-0.05, 0) is 31.0 Å². The number of aromatic nitrogens is 3. The molecule has 0 spiro atoms. The molecule has 1 aromatic carbocycles. The summed E-state index contributed by atoms with van der Waals surface area (Å²) in [6.45, 7) is 0.641. The summed E-state index contributed by atoms with van der Waals surface area (Å²) < 4.78 is 33.8. The molecule has 3 rings (SSSR count). The van der Waals surface area contributed by atoms with Crippen molar-refractivity contribution in [3.8, 4) is 5.69 Å². The Hall–Kier alpha value is -1.93. The highest BCUT2D eigenvalue weighted by Crippen LogP contribution is 2.18. The number of anilines is 1. The molecule has 2 heterocycles. The average Bonchev–Trinajstić information content (AvgIpc) is 3.10. The van der Waals surface area contributed by atoms with E-state index in [0.717, 1.165) is 18.5 Å². The normalized spacial score (nSPS) is 18.8. The first-order valence-corrected chi connectivity index (χ1v) is 8.36. The zero-order valence-electron chi connectivity index (χ0n) is 11.3. The lowest BCUT2D eigenvalue weighted by molar-refractivity contribution is 0.127. The van der Waals surface area contributed by atoms with Gasteiger partial charge >= 0.3 is 0 Å². The second-order valence-corrected chi connectivity index (χ2v) is 6.68. The van der Waals surface area contributed by atoms with E-state index in [0.29, 0.717) is 12.3 Å². The first-order valence-electron chi connectivity index (χ1n) is 6.71. The van der Waals surface area contributed by atoms with Gasteiger partial charge in [0.1, 0.15) is 0 Å². The lowest BCUT2D eigenvalue weighted by Gasteiger charge is -2.12. The maximum atomic E-state index is 12.1. The van der Waals surface area contributed by atoms with E-state index < -0.39 is 10.0 Å². The van der Waals surface area contributed by atoms with Crippen molar-refractivity contribution in [2.24, 2.45) is 0 Å². The van der Waals surface area contributed by atoms with Gasteiger partial charge in [-0.15, -0.1) is 5.10 Å². The van der Waals surface area contributed by atoms with Crippen LogP contribution in [0.4, 0.5) is 5.69 Å². The van der Waals surface area contributed by atoms with E-state index in [1.54, 1.807) is 35.3 Å². The average molecular weight is 308 g/mol. The number of nitrogens with zero attached hydrogens (tertiary/aromatic N) is 3. The fourth-order valence-electron chi connectivity index (χ4n) is 2.30. The summed E-state index contributed by atoms with van der Waals surface area (Å²) in [4.78, 5) is 0. The molecule has 7 nitrogen and oxygen atoms in total. The van der Waals surface area contributed by atoms with Gasteiger partial charge in [0.25, 0.3) is 0 Å². The van der Waals surface area contributed by atoms with Crippen molar-refractivity contribution in [3.63, 3.8) is 0 Å². The number of hydrogen-bond donors (Lipinski definition) is 1. The van der Waals surface area contributed by atoms with E-state index in [1.165, 1.54) is 0 Å². The van der Waals surface area contributed by atoms with Gasteiger partial charge in [0.15, 0.2) is 0 Å². The lowest BCUT2D eigenvalue weighted by Crippen LogP contribution is -2.25. The van der Waals surface area contributed by atoms with Gasteiger partial charge in [0.2, 0.25) is 10.0 Å². The summed E-state index contributed by atoms with van der Waals surface area (Å²) in [5.41, 5.74) is 1.24. The van der Waals surface area contributed by atoms with Crippen LogP contribution in [0.3, 0.4) is 0 Å². The van der Waals surface area contributed by atoms with E-state index in [9.17, 15) is 8.42 Å². The molecule has 1 atom stereocenters. The number of rotatable bonds is 5. The summed E-state index contributed by atoms with van der Waals surface area (Å²) in [6, 6.07) is 7.00. The summed E-state index contributed by atoms with van der Waals surface area (Å²) in [5, 5.41) is 7.61. The highest BCUT2D eigenvalue weighted by atomic mass is 32.2. The van der Waals surface area contributed by atoms with Crippen LogP contribution in [0, 0.1) is 0 Å². The molecule has 112 valence electrons. The van der Waals surface area contributed by atoms with E-state index in [1.807, 2.05) is 6.07 Å². The molecular formula is C13H16N4O3S. The van der Waals surface area contributed by atoms with Crippen LogP contribution in [-0.4, -0.2) is 41.9 Å². The van der Waals surface area contributed by atoms with Crippen molar-refractivity contribution in [1.82, 2.24) is 15.0 Å². The molecule has 0 aliphatic carbocycles. The van der Waals surface area contributed by atoms with Gasteiger partial charge in [0.05, 0.1) is 35.6 Å². The van der Waals surface area contributed by atoms with Gasteiger partial charge in [-0.2, -0.15) is 0 Å². The van der Waals surface area contributed by atoms with E-state index in [-0.39, 0.29) is 11.9 Å². The third-order valence-corrected chi connectivity index (χ3v) is 4.59. The summed E-state index contributed by atoms with van der Waals surface area (Å²) >= 11 is 0. The van der Waals surface area contributed by atoms with Crippen LogP contribution in [-0.2, 0) is 14.8 Å². The van der Waals surface area contributed by atoms with E-state index >= 15 is 0 Å². The molecule has 1 N–H and O–H groups in total. The number of ether oxygens (including phenoxy) is 1. The second-order valence-electron chi connectivity index (χ2n) is 4.92. The highest BCUT2D eigenvalue weighted by molar-refractivity contribution is 7.92. The van der Waals surface area contributed by atoms with Crippen molar-refractivity contribution >= 4 is 15.7 Å². The van der Waals surface area contributed by atoms with Crippen LogP contribution in [0.15, 0.2) is 36.7 Å². The van der Waals surface area contributed by atoms with Crippen molar-refractivity contribution in [3.05, 3.63) is 36.7 Å². The SMILES string of the molecule is O=S(=O)(CC1CCCO1)Nc1cccc(-n2ccnn2)c1. The minimum atomic E-state index is -3.42. The number of hydrogen-bond acceptors (Lipinski definition) is 5. The Morgan fingerprint density at radius 3 is 3.05 bits per heavy atom.